The molecule has 0 unspecified atom stereocenters. The average molecular weight is 450 g/mol. The first-order valence-electron chi connectivity index (χ1n) is 11.2. The van der Waals surface area contributed by atoms with Crippen LogP contribution in [0.4, 0.5) is 0 Å². The van der Waals surface area contributed by atoms with Gasteiger partial charge in [0, 0.05) is 32.2 Å². The van der Waals surface area contributed by atoms with Crippen molar-refractivity contribution >= 4 is 17.7 Å². The number of aromatic nitrogens is 1. The van der Waals surface area contributed by atoms with Crippen molar-refractivity contribution in [1.82, 2.24) is 4.98 Å². The summed E-state index contributed by atoms with van der Waals surface area (Å²) in [6.07, 6.45) is 3.81. The van der Waals surface area contributed by atoms with Crippen molar-refractivity contribution in [2.24, 2.45) is 17.8 Å². The van der Waals surface area contributed by atoms with Gasteiger partial charge in [0.2, 0.25) is 5.75 Å². The van der Waals surface area contributed by atoms with Gasteiger partial charge in [-0.25, -0.2) is 4.98 Å². The molecular formula is C24H35NO7. The van der Waals surface area contributed by atoms with Crippen LogP contribution in [0.3, 0.4) is 0 Å². The van der Waals surface area contributed by atoms with Crippen LogP contribution in [0.1, 0.15) is 70.8 Å². The fraction of sp³-hybridized carbons (Fsp3) is 0.667. The van der Waals surface area contributed by atoms with E-state index in [9.17, 15) is 14.4 Å². The number of methoxy groups -OCH3 is 1. The molecule has 1 aliphatic rings. The number of ether oxygens (including phenoxy) is 4. The summed E-state index contributed by atoms with van der Waals surface area (Å²) in [5.41, 5.74) is -0.0577. The lowest BCUT2D eigenvalue weighted by Crippen LogP contribution is -2.34. The Bertz CT molecular complexity index is 804. The third-order valence-corrected chi connectivity index (χ3v) is 5.26. The van der Waals surface area contributed by atoms with Crippen LogP contribution in [0.5, 0.6) is 11.5 Å². The van der Waals surface area contributed by atoms with Crippen LogP contribution in [-0.2, 0) is 19.1 Å². The number of carbonyl (C=O) groups excluding carboxylic acids is 3. The Morgan fingerprint density at radius 3 is 2.41 bits per heavy atom. The number of hydrogen-bond acceptors (Lipinski definition) is 8. The molecule has 8 nitrogen and oxygen atoms in total. The van der Waals surface area contributed by atoms with Crippen molar-refractivity contribution in [2.45, 2.75) is 72.5 Å². The summed E-state index contributed by atoms with van der Waals surface area (Å²) in [6, 6.07) is 1.49. The van der Waals surface area contributed by atoms with Crippen molar-refractivity contribution in [1.29, 1.82) is 0 Å². The van der Waals surface area contributed by atoms with Gasteiger partial charge < -0.3 is 18.9 Å². The highest BCUT2D eigenvalue weighted by Gasteiger charge is 2.30. The Balaban J connectivity index is 2.01. The predicted molar refractivity (Wildman–Crippen MR) is 118 cm³/mol. The number of nitrogens with zero attached hydrogens (tertiary/aromatic N) is 1. The number of hydrogen-bond donors (Lipinski definition) is 0. The molecule has 2 rings (SSSR count). The molecule has 0 radical (unpaired) electrons. The molecule has 1 aromatic rings. The molecule has 0 aromatic carbocycles. The van der Waals surface area contributed by atoms with E-state index in [1.54, 1.807) is 6.92 Å². The Morgan fingerprint density at radius 2 is 1.84 bits per heavy atom. The lowest BCUT2D eigenvalue weighted by molar-refractivity contribution is -0.161. The second-order valence-corrected chi connectivity index (χ2v) is 8.90. The summed E-state index contributed by atoms with van der Waals surface area (Å²) in [5.74, 6) is -1.05. The van der Waals surface area contributed by atoms with E-state index in [2.05, 4.69) is 18.8 Å². The zero-order valence-corrected chi connectivity index (χ0v) is 19.9. The van der Waals surface area contributed by atoms with Crippen LogP contribution in [0.2, 0.25) is 0 Å². The molecule has 3 atom stereocenters. The summed E-state index contributed by atoms with van der Waals surface area (Å²) >= 11 is 0. The Hall–Kier alpha value is -2.48. The summed E-state index contributed by atoms with van der Waals surface area (Å²) < 4.78 is 22.0. The number of rotatable bonds is 13. The maximum atomic E-state index is 12.8. The van der Waals surface area contributed by atoms with Gasteiger partial charge in [-0.2, -0.15) is 0 Å². The number of ketones is 1. The minimum atomic E-state index is -0.703. The SMILES string of the molecule is COc1ccnc(C(=O)C[C@@H](C)C(=O)O[C@@H](C)[C@@H](CC(C)C)OCC2CC2)c1OC(C)=O. The molecule has 178 valence electrons. The van der Waals surface area contributed by atoms with E-state index in [0.717, 1.165) is 6.42 Å². The Labute approximate surface area is 190 Å². The molecule has 0 saturated heterocycles. The largest absolute Gasteiger partial charge is 0.493 e. The van der Waals surface area contributed by atoms with Crippen molar-refractivity contribution < 1.29 is 33.3 Å². The molecule has 1 fully saturated rings. The molecule has 0 aliphatic heterocycles. The summed E-state index contributed by atoms with van der Waals surface area (Å²) in [5, 5.41) is 0. The third-order valence-electron chi connectivity index (χ3n) is 5.26. The topological polar surface area (TPSA) is 101 Å². The molecule has 1 saturated carbocycles. The van der Waals surface area contributed by atoms with Gasteiger partial charge in [-0.1, -0.05) is 20.8 Å². The van der Waals surface area contributed by atoms with E-state index in [0.29, 0.717) is 18.4 Å². The van der Waals surface area contributed by atoms with Gasteiger partial charge in [0.1, 0.15) is 6.10 Å². The number of Topliss-reactive ketones (excluding diaryl/α,β-unsaturated/α-hetero) is 1. The molecule has 1 aliphatic carbocycles. The van der Waals surface area contributed by atoms with E-state index in [1.165, 1.54) is 39.1 Å². The van der Waals surface area contributed by atoms with Crippen LogP contribution in [0, 0.1) is 17.8 Å². The summed E-state index contributed by atoms with van der Waals surface area (Å²) in [4.78, 5) is 41.0. The lowest BCUT2D eigenvalue weighted by Gasteiger charge is -2.27. The predicted octanol–water partition coefficient (Wildman–Crippen LogP) is 4.00. The highest BCUT2D eigenvalue weighted by molar-refractivity contribution is 5.99. The second kappa shape index (κ2) is 11.9. The first-order valence-corrected chi connectivity index (χ1v) is 11.2. The highest BCUT2D eigenvalue weighted by Crippen LogP contribution is 2.32. The van der Waals surface area contributed by atoms with E-state index >= 15 is 0 Å². The van der Waals surface area contributed by atoms with Crippen LogP contribution in [-0.4, -0.2) is 48.6 Å². The molecule has 0 bridgehead atoms. The Kier molecular flexibility index (Phi) is 9.62. The molecular weight excluding hydrogens is 414 g/mol. The van der Waals surface area contributed by atoms with Gasteiger partial charge in [0.05, 0.1) is 19.1 Å². The first kappa shape index (κ1) is 25.8. The summed E-state index contributed by atoms with van der Waals surface area (Å²) in [6.45, 7) is 9.57. The molecule has 0 N–H and O–H groups in total. The van der Waals surface area contributed by atoms with E-state index in [4.69, 9.17) is 18.9 Å². The van der Waals surface area contributed by atoms with Gasteiger partial charge in [-0.3, -0.25) is 14.4 Å². The number of esters is 2. The molecule has 0 amide bonds. The third kappa shape index (κ3) is 7.89. The second-order valence-electron chi connectivity index (χ2n) is 8.90. The zero-order chi connectivity index (χ0) is 23.8. The molecule has 32 heavy (non-hydrogen) atoms. The maximum absolute atomic E-state index is 12.8. The van der Waals surface area contributed by atoms with Gasteiger partial charge in [0.25, 0.3) is 0 Å². The normalized spacial score (nSPS) is 16.2. The molecule has 1 aromatic heterocycles. The van der Waals surface area contributed by atoms with Gasteiger partial charge in [-0.15, -0.1) is 0 Å². The maximum Gasteiger partial charge on any atom is 0.309 e. The fourth-order valence-electron chi connectivity index (χ4n) is 3.27. The van der Waals surface area contributed by atoms with Crippen molar-refractivity contribution in [2.75, 3.05) is 13.7 Å². The minimum Gasteiger partial charge on any atom is -0.493 e. The lowest BCUT2D eigenvalue weighted by atomic mass is 10.0. The van der Waals surface area contributed by atoms with Crippen molar-refractivity contribution in [3.63, 3.8) is 0 Å². The number of pyridine rings is 1. The molecule has 1 heterocycles. The first-order chi connectivity index (χ1) is 15.1. The monoisotopic (exact) mass is 449 g/mol. The fourth-order valence-corrected chi connectivity index (χ4v) is 3.27. The van der Waals surface area contributed by atoms with Crippen LogP contribution in [0.15, 0.2) is 12.3 Å². The van der Waals surface area contributed by atoms with Gasteiger partial charge >= 0.3 is 11.9 Å². The van der Waals surface area contributed by atoms with E-state index < -0.39 is 29.7 Å². The van der Waals surface area contributed by atoms with E-state index in [1.807, 2.05) is 6.92 Å². The van der Waals surface area contributed by atoms with Crippen LogP contribution < -0.4 is 9.47 Å². The molecule has 8 heteroatoms. The van der Waals surface area contributed by atoms with Crippen molar-refractivity contribution in [3.8, 4) is 11.5 Å². The van der Waals surface area contributed by atoms with Crippen LogP contribution in [0.25, 0.3) is 0 Å². The van der Waals surface area contributed by atoms with Crippen molar-refractivity contribution in [3.05, 3.63) is 18.0 Å². The smallest absolute Gasteiger partial charge is 0.309 e. The molecule has 0 spiro atoms. The van der Waals surface area contributed by atoms with Gasteiger partial charge in [0.15, 0.2) is 17.2 Å². The zero-order valence-electron chi connectivity index (χ0n) is 19.9. The highest BCUT2D eigenvalue weighted by atomic mass is 16.6. The average Bonchev–Trinajstić information content (AvgIpc) is 3.54. The summed E-state index contributed by atoms with van der Waals surface area (Å²) in [7, 11) is 1.40. The standard InChI is InChI=1S/C24H35NO7/c1-14(2)11-21(30-13-18-7-8-18)16(4)31-24(28)15(3)12-19(27)22-23(32-17(5)26)20(29-6)9-10-25-22/h9-10,14-16,18,21H,7-8,11-13H2,1-6H3/t15-,16+,21-/m1/s1. The number of carbonyl (C=O) groups is 3. The van der Waals surface area contributed by atoms with E-state index in [-0.39, 0.29) is 29.7 Å². The Morgan fingerprint density at radius 1 is 1.16 bits per heavy atom. The quantitative estimate of drug-likeness (QED) is 0.329. The van der Waals surface area contributed by atoms with Gasteiger partial charge in [-0.05, 0) is 38.0 Å². The van der Waals surface area contributed by atoms with Crippen LogP contribution >= 0.6 is 0 Å². The minimum absolute atomic E-state index is 0.0492.